The number of nitrogens with two attached hydrogens (primary N) is 1. The molecule has 3 N–H and O–H groups in total. The van der Waals surface area contributed by atoms with E-state index in [4.69, 9.17) is 5.73 Å². The summed E-state index contributed by atoms with van der Waals surface area (Å²) < 4.78 is 1.79. The Morgan fingerprint density at radius 3 is 2.72 bits per heavy atom. The molecule has 0 aliphatic rings. The summed E-state index contributed by atoms with van der Waals surface area (Å²) in [5.41, 5.74) is 7.28. The lowest BCUT2D eigenvalue weighted by molar-refractivity contribution is -0.120. The zero-order chi connectivity index (χ0) is 13.0. The molecule has 0 radical (unpaired) electrons. The Balaban J connectivity index is 2.09. The zero-order valence-electron chi connectivity index (χ0n) is 10.2. The van der Waals surface area contributed by atoms with E-state index < -0.39 is 11.9 Å². The summed E-state index contributed by atoms with van der Waals surface area (Å²) >= 11 is 0. The molecule has 2 rings (SSSR count). The molecule has 0 bridgehead atoms. The standard InChI is InChI=1S/C13H16N4O/c1-17-9-15-8-11(17)12(13(14)18)16-7-10-5-3-2-4-6-10/h2-6,8-9,12,16H,7H2,1H3,(H2,14,18). The molecule has 0 spiro atoms. The zero-order valence-corrected chi connectivity index (χ0v) is 10.2. The largest absolute Gasteiger partial charge is 0.368 e. The maximum Gasteiger partial charge on any atom is 0.240 e. The SMILES string of the molecule is Cn1cncc1C(NCc1ccccc1)C(N)=O. The van der Waals surface area contributed by atoms with E-state index >= 15 is 0 Å². The van der Waals surface area contributed by atoms with Crippen LogP contribution in [0, 0.1) is 0 Å². The average molecular weight is 244 g/mol. The molecule has 1 unspecified atom stereocenters. The highest BCUT2D eigenvalue weighted by molar-refractivity contribution is 5.80. The quantitative estimate of drug-likeness (QED) is 0.814. The van der Waals surface area contributed by atoms with Gasteiger partial charge in [0.15, 0.2) is 0 Å². The van der Waals surface area contributed by atoms with E-state index in [-0.39, 0.29) is 0 Å². The van der Waals surface area contributed by atoms with Crippen LogP contribution in [0.3, 0.4) is 0 Å². The van der Waals surface area contributed by atoms with E-state index in [1.54, 1.807) is 17.1 Å². The molecular weight excluding hydrogens is 228 g/mol. The van der Waals surface area contributed by atoms with Crippen LogP contribution in [0.25, 0.3) is 0 Å². The molecule has 0 aliphatic carbocycles. The van der Waals surface area contributed by atoms with E-state index in [0.717, 1.165) is 11.3 Å². The molecule has 18 heavy (non-hydrogen) atoms. The topological polar surface area (TPSA) is 72.9 Å². The van der Waals surface area contributed by atoms with Gasteiger partial charge in [0.25, 0.3) is 0 Å². The third kappa shape index (κ3) is 2.75. The van der Waals surface area contributed by atoms with Crippen molar-refractivity contribution in [1.82, 2.24) is 14.9 Å². The van der Waals surface area contributed by atoms with Crippen LogP contribution in [0.15, 0.2) is 42.9 Å². The number of hydrogen-bond acceptors (Lipinski definition) is 3. The lowest BCUT2D eigenvalue weighted by Crippen LogP contribution is -2.34. The second-order valence-corrected chi connectivity index (χ2v) is 4.13. The van der Waals surface area contributed by atoms with Crippen molar-refractivity contribution in [2.24, 2.45) is 12.8 Å². The van der Waals surface area contributed by atoms with Crippen LogP contribution in [0.1, 0.15) is 17.3 Å². The van der Waals surface area contributed by atoms with Gasteiger partial charge in [-0.25, -0.2) is 4.98 Å². The second kappa shape index (κ2) is 5.46. The molecule has 0 saturated heterocycles. The second-order valence-electron chi connectivity index (χ2n) is 4.13. The van der Waals surface area contributed by atoms with Gasteiger partial charge in [0.05, 0.1) is 18.2 Å². The van der Waals surface area contributed by atoms with E-state index in [1.165, 1.54) is 0 Å². The first-order valence-electron chi connectivity index (χ1n) is 5.71. The molecule has 0 saturated carbocycles. The number of hydrogen-bond donors (Lipinski definition) is 2. The minimum atomic E-state index is -0.530. The normalized spacial score (nSPS) is 12.3. The lowest BCUT2D eigenvalue weighted by atomic mass is 10.1. The molecule has 1 atom stereocenters. The van der Waals surface area contributed by atoms with Gasteiger partial charge in [-0.1, -0.05) is 30.3 Å². The first-order valence-corrected chi connectivity index (χ1v) is 5.71. The Morgan fingerprint density at radius 2 is 2.17 bits per heavy atom. The molecule has 5 nitrogen and oxygen atoms in total. The number of nitrogens with one attached hydrogen (secondary N) is 1. The molecule has 94 valence electrons. The van der Waals surface area contributed by atoms with Crippen molar-refractivity contribution in [3.8, 4) is 0 Å². The number of imidazole rings is 1. The number of carbonyl (C=O) groups is 1. The number of rotatable bonds is 5. The molecule has 2 aromatic rings. The molecule has 1 heterocycles. The summed E-state index contributed by atoms with van der Waals surface area (Å²) in [7, 11) is 1.84. The Hall–Kier alpha value is -2.14. The first-order chi connectivity index (χ1) is 8.68. The summed E-state index contributed by atoms with van der Waals surface area (Å²) in [5, 5.41) is 3.14. The fourth-order valence-electron chi connectivity index (χ4n) is 1.81. The van der Waals surface area contributed by atoms with Crippen LogP contribution in [0.2, 0.25) is 0 Å². The maximum atomic E-state index is 11.5. The molecule has 1 aromatic carbocycles. The van der Waals surface area contributed by atoms with E-state index in [9.17, 15) is 4.79 Å². The fourth-order valence-corrected chi connectivity index (χ4v) is 1.81. The summed E-state index contributed by atoms with van der Waals surface area (Å²) in [6, 6.07) is 9.33. The number of aryl methyl sites for hydroxylation is 1. The predicted octanol–water partition coefficient (Wildman–Crippen LogP) is 0.736. The van der Waals surface area contributed by atoms with Gasteiger partial charge < -0.3 is 10.3 Å². The van der Waals surface area contributed by atoms with Gasteiger partial charge in [0.1, 0.15) is 6.04 Å². The van der Waals surface area contributed by atoms with Crippen LogP contribution in [0.4, 0.5) is 0 Å². The van der Waals surface area contributed by atoms with Crippen LogP contribution >= 0.6 is 0 Å². The molecule has 5 heteroatoms. The number of benzene rings is 1. The maximum absolute atomic E-state index is 11.5. The highest BCUT2D eigenvalue weighted by Crippen LogP contribution is 2.12. The van der Waals surface area contributed by atoms with Crippen molar-refractivity contribution in [2.45, 2.75) is 12.6 Å². The third-order valence-electron chi connectivity index (χ3n) is 2.79. The summed E-state index contributed by atoms with van der Waals surface area (Å²) in [4.78, 5) is 15.5. The van der Waals surface area contributed by atoms with E-state index in [2.05, 4.69) is 10.3 Å². The third-order valence-corrected chi connectivity index (χ3v) is 2.79. The number of amides is 1. The van der Waals surface area contributed by atoms with Crippen LogP contribution in [-0.4, -0.2) is 15.5 Å². The van der Waals surface area contributed by atoms with Gasteiger partial charge in [0.2, 0.25) is 5.91 Å². The minimum Gasteiger partial charge on any atom is -0.368 e. The Bertz CT molecular complexity index is 521. The number of primary amides is 1. The van der Waals surface area contributed by atoms with Gasteiger partial charge in [-0.3, -0.25) is 10.1 Å². The van der Waals surface area contributed by atoms with Crippen molar-refractivity contribution in [1.29, 1.82) is 0 Å². The van der Waals surface area contributed by atoms with Crippen molar-refractivity contribution in [3.63, 3.8) is 0 Å². The molecule has 0 fully saturated rings. The van der Waals surface area contributed by atoms with Crippen molar-refractivity contribution >= 4 is 5.91 Å². The van der Waals surface area contributed by atoms with Crippen molar-refractivity contribution in [3.05, 3.63) is 54.1 Å². The minimum absolute atomic E-state index is 0.408. The van der Waals surface area contributed by atoms with Crippen LogP contribution < -0.4 is 11.1 Å². The molecule has 0 aliphatic heterocycles. The Kier molecular flexibility index (Phi) is 3.74. The van der Waals surface area contributed by atoms with Crippen molar-refractivity contribution in [2.75, 3.05) is 0 Å². The average Bonchev–Trinajstić information content (AvgIpc) is 2.77. The predicted molar refractivity (Wildman–Crippen MR) is 68.4 cm³/mol. The van der Waals surface area contributed by atoms with Gasteiger partial charge in [-0.05, 0) is 5.56 Å². The first kappa shape index (κ1) is 12.3. The monoisotopic (exact) mass is 244 g/mol. The van der Waals surface area contributed by atoms with Gasteiger partial charge in [-0.2, -0.15) is 0 Å². The summed E-state index contributed by atoms with van der Waals surface area (Å²) in [6.45, 7) is 0.583. The number of nitrogens with zero attached hydrogens (tertiary/aromatic N) is 2. The summed E-state index contributed by atoms with van der Waals surface area (Å²) in [6.07, 6.45) is 3.29. The molecule has 1 aromatic heterocycles. The van der Waals surface area contributed by atoms with E-state index in [0.29, 0.717) is 6.54 Å². The highest BCUT2D eigenvalue weighted by atomic mass is 16.1. The smallest absolute Gasteiger partial charge is 0.240 e. The van der Waals surface area contributed by atoms with Crippen LogP contribution in [0.5, 0.6) is 0 Å². The Labute approximate surface area is 106 Å². The van der Waals surface area contributed by atoms with Crippen LogP contribution in [-0.2, 0) is 18.4 Å². The molecular formula is C13H16N4O. The number of carbonyl (C=O) groups excluding carboxylic acids is 1. The lowest BCUT2D eigenvalue weighted by Gasteiger charge is -2.15. The van der Waals surface area contributed by atoms with Gasteiger partial charge in [0, 0.05) is 13.6 Å². The van der Waals surface area contributed by atoms with Gasteiger partial charge in [-0.15, -0.1) is 0 Å². The fraction of sp³-hybridized carbons (Fsp3) is 0.231. The molecule has 1 amide bonds. The van der Waals surface area contributed by atoms with Gasteiger partial charge >= 0.3 is 0 Å². The number of aromatic nitrogens is 2. The Morgan fingerprint density at radius 1 is 1.44 bits per heavy atom. The highest BCUT2D eigenvalue weighted by Gasteiger charge is 2.19. The van der Waals surface area contributed by atoms with Crippen molar-refractivity contribution < 1.29 is 4.79 Å². The van der Waals surface area contributed by atoms with E-state index in [1.807, 2.05) is 37.4 Å². The summed E-state index contributed by atoms with van der Waals surface area (Å²) in [5.74, 6) is -0.408.